The van der Waals surface area contributed by atoms with Gasteiger partial charge in [-0.3, -0.25) is 4.79 Å². The molecule has 0 spiro atoms. The molecule has 1 atom stereocenters. The minimum Gasteiger partial charge on any atom is -0.342 e. The average molecular weight is 260 g/mol. The highest BCUT2D eigenvalue weighted by molar-refractivity contribution is 5.79. The molecule has 1 aromatic rings. The van der Waals surface area contributed by atoms with Gasteiger partial charge in [0, 0.05) is 19.0 Å². The fourth-order valence-electron chi connectivity index (χ4n) is 2.67. The van der Waals surface area contributed by atoms with Crippen molar-refractivity contribution in [2.45, 2.75) is 32.2 Å². The first-order valence-corrected chi connectivity index (χ1v) is 7.20. The second-order valence-electron chi connectivity index (χ2n) is 5.51. The first-order chi connectivity index (χ1) is 9.18. The van der Waals surface area contributed by atoms with Gasteiger partial charge in [-0.2, -0.15) is 0 Å². The molecular formula is C16H24N2O. The molecule has 1 unspecified atom stereocenters. The van der Waals surface area contributed by atoms with Crippen molar-refractivity contribution in [1.29, 1.82) is 0 Å². The zero-order chi connectivity index (χ0) is 13.7. The van der Waals surface area contributed by atoms with Crippen LogP contribution < -0.4 is 5.32 Å². The third-order valence-electron chi connectivity index (χ3n) is 4.07. The van der Waals surface area contributed by atoms with Crippen LogP contribution in [0.25, 0.3) is 0 Å². The molecule has 0 aliphatic carbocycles. The van der Waals surface area contributed by atoms with E-state index in [1.807, 2.05) is 18.0 Å². The third-order valence-corrected chi connectivity index (χ3v) is 4.07. The van der Waals surface area contributed by atoms with Crippen LogP contribution in [0.15, 0.2) is 30.3 Å². The Bertz CT molecular complexity index is 398. The van der Waals surface area contributed by atoms with Gasteiger partial charge in [-0.15, -0.1) is 0 Å². The Morgan fingerprint density at radius 1 is 1.32 bits per heavy atom. The van der Waals surface area contributed by atoms with Crippen molar-refractivity contribution in [2.24, 2.45) is 5.92 Å². The fraction of sp³-hybridized carbons (Fsp3) is 0.562. The number of carbonyl (C=O) groups excluding carboxylic acids is 1. The van der Waals surface area contributed by atoms with E-state index in [4.69, 9.17) is 0 Å². The van der Waals surface area contributed by atoms with Crippen molar-refractivity contribution >= 4 is 5.91 Å². The summed E-state index contributed by atoms with van der Waals surface area (Å²) in [6.45, 7) is 4.07. The summed E-state index contributed by atoms with van der Waals surface area (Å²) < 4.78 is 0. The minimum absolute atomic E-state index is 0.212. The van der Waals surface area contributed by atoms with E-state index in [-0.39, 0.29) is 12.0 Å². The van der Waals surface area contributed by atoms with Gasteiger partial charge < -0.3 is 10.2 Å². The van der Waals surface area contributed by atoms with Crippen molar-refractivity contribution in [2.75, 3.05) is 20.1 Å². The summed E-state index contributed by atoms with van der Waals surface area (Å²) in [5.74, 6) is 0.523. The average Bonchev–Trinajstić information content (AvgIpc) is 2.47. The molecule has 3 nitrogen and oxygen atoms in total. The lowest BCUT2D eigenvalue weighted by atomic mass is 9.95. The van der Waals surface area contributed by atoms with Crippen LogP contribution in [0.5, 0.6) is 0 Å². The molecule has 1 aliphatic rings. The van der Waals surface area contributed by atoms with Crippen molar-refractivity contribution < 1.29 is 4.79 Å². The second-order valence-corrected chi connectivity index (χ2v) is 5.51. The summed E-state index contributed by atoms with van der Waals surface area (Å²) >= 11 is 0. The molecule has 0 aromatic heterocycles. The number of nitrogens with zero attached hydrogens (tertiary/aromatic N) is 1. The highest BCUT2D eigenvalue weighted by atomic mass is 16.2. The van der Waals surface area contributed by atoms with Gasteiger partial charge in [0.05, 0.1) is 0 Å². The largest absolute Gasteiger partial charge is 0.342 e. The highest BCUT2D eigenvalue weighted by Gasteiger charge is 2.26. The van der Waals surface area contributed by atoms with Crippen molar-refractivity contribution in [3.8, 4) is 0 Å². The standard InChI is InChI=1S/C16H24N2O/c1-13(12-14-6-4-3-5-7-14)18(2)16(19)15-8-10-17-11-9-15/h3-7,13,15,17H,8-12H2,1-2H3. The van der Waals surface area contributed by atoms with Gasteiger partial charge >= 0.3 is 0 Å². The van der Waals surface area contributed by atoms with Crippen LogP contribution >= 0.6 is 0 Å². The van der Waals surface area contributed by atoms with Crippen molar-refractivity contribution in [3.05, 3.63) is 35.9 Å². The lowest BCUT2D eigenvalue weighted by molar-refractivity contribution is -0.136. The molecule has 104 valence electrons. The Hall–Kier alpha value is -1.35. The summed E-state index contributed by atoms with van der Waals surface area (Å²) in [6, 6.07) is 10.6. The number of carbonyl (C=O) groups is 1. The first kappa shape index (κ1) is 14.1. The number of piperidine rings is 1. The maximum atomic E-state index is 12.4. The predicted octanol–water partition coefficient (Wildman–Crippen LogP) is 2.08. The number of nitrogens with one attached hydrogen (secondary N) is 1. The van der Waals surface area contributed by atoms with Gasteiger partial charge in [0.25, 0.3) is 0 Å². The molecular weight excluding hydrogens is 236 g/mol. The quantitative estimate of drug-likeness (QED) is 0.899. The van der Waals surface area contributed by atoms with Crippen LogP contribution in [0.2, 0.25) is 0 Å². The van der Waals surface area contributed by atoms with Gasteiger partial charge in [-0.1, -0.05) is 30.3 Å². The summed E-state index contributed by atoms with van der Waals surface area (Å²) in [6.07, 6.45) is 2.87. The van der Waals surface area contributed by atoms with Gasteiger partial charge in [-0.05, 0) is 44.8 Å². The zero-order valence-electron chi connectivity index (χ0n) is 11.9. The van der Waals surface area contributed by atoms with E-state index in [0.717, 1.165) is 32.4 Å². The molecule has 1 fully saturated rings. The Labute approximate surface area is 116 Å². The molecule has 2 rings (SSSR count). The molecule has 0 radical (unpaired) electrons. The lowest BCUT2D eigenvalue weighted by Gasteiger charge is -2.31. The van der Waals surface area contributed by atoms with Crippen LogP contribution in [-0.2, 0) is 11.2 Å². The Kier molecular flexibility index (Phi) is 4.97. The maximum Gasteiger partial charge on any atom is 0.225 e. The smallest absolute Gasteiger partial charge is 0.225 e. The Morgan fingerprint density at radius 2 is 1.95 bits per heavy atom. The number of hydrogen-bond acceptors (Lipinski definition) is 2. The lowest BCUT2D eigenvalue weighted by Crippen LogP contribution is -2.43. The summed E-state index contributed by atoms with van der Waals surface area (Å²) in [5.41, 5.74) is 1.29. The van der Waals surface area contributed by atoms with E-state index in [1.165, 1.54) is 5.56 Å². The number of rotatable bonds is 4. The zero-order valence-corrected chi connectivity index (χ0v) is 11.9. The van der Waals surface area contributed by atoms with Crippen LogP contribution in [0, 0.1) is 5.92 Å². The molecule has 0 saturated carbocycles. The SMILES string of the molecule is CC(Cc1ccccc1)N(C)C(=O)C1CCNCC1. The van der Waals surface area contributed by atoms with Gasteiger partial charge in [0.2, 0.25) is 5.91 Å². The molecule has 1 N–H and O–H groups in total. The minimum atomic E-state index is 0.212. The molecule has 1 amide bonds. The van der Waals surface area contributed by atoms with Crippen LogP contribution in [0.3, 0.4) is 0 Å². The van der Waals surface area contributed by atoms with Gasteiger partial charge in [0.1, 0.15) is 0 Å². The first-order valence-electron chi connectivity index (χ1n) is 7.20. The maximum absolute atomic E-state index is 12.4. The van der Waals surface area contributed by atoms with E-state index in [2.05, 4.69) is 36.5 Å². The third kappa shape index (κ3) is 3.80. The fourth-order valence-corrected chi connectivity index (χ4v) is 2.67. The molecule has 1 saturated heterocycles. The van der Waals surface area contributed by atoms with Crippen LogP contribution in [0.4, 0.5) is 0 Å². The molecule has 3 heteroatoms. The predicted molar refractivity (Wildman–Crippen MR) is 78.0 cm³/mol. The number of likely N-dealkylation sites (N-methyl/N-ethyl adjacent to an activating group) is 1. The molecule has 1 aromatic carbocycles. The van der Waals surface area contributed by atoms with Crippen molar-refractivity contribution in [1.82, 2.24) is 10.2 Å². The summed E-state index contributed by atoms with van der Waals surface area (Å²) in [7, 11) is 1.94. The van der Waals surface area contributed by atoms with Crippen LogP contribution in [0.1, 0.15) is 25.3 Å². The van der Waals surface area contributed by atoms with E-state index < -0.39 is 0 Å². The number of hydrogen-bond donors (Lipinski definition) is 1. The number of amides is 1. The molecule has 19 heavy (non-hydrogen) atoms. The monoisotopic (exact) mass is 260 g/mol. The topological polar surface area (TPSA) is 32.3 Å². The Balaban J connectivity index is 1.90. The van der Waals surface area contributed by atoms with Gasteiger partial charge in [-0.25, -0.2) is 0 Å². The molecule has 1 heterocycles. The normalized spacial score (nSPS) is 18.0. The molecule has 1 aliphatic heterocycles. The highest BCUT2D eigenvalue weighted by Crippen LogP contribution is 2.17. The second kappa shape index (κ2) is 6.71. The Morgan fingerprint density at radius 3 is 2.58 bits per heavy atom. The van der Waals surface area contributed by atoms with E-state index in [0.29, 0.717) is 5.91 Å². The number of benzene rings is 1. The van der Waals surface area contributed by atoms with E-state index in [9.17, 15) is 4.79 Å². The van der Waals surface area contributed by atoms with E-state index >= 15 is 0 Å². The van der Waals surface area contributed by atoms with Crippen LogP contribution in [-0.4, -0.2) is 37.0 Å². The van der Waals surface area contributed by atoms with E-state index in [1.54, 1.807) is 0 Å². The van der Waals surface area contributed by atoms with Gasteiger partial charge in [0.15, 0.2) is 0 Å². The summed E-state index contributed by atoms with van der Waals surface area (Å²) in [4.78, 5) is 14.4. The summed E-state index contributed by atoms with van der Waals surface area (Å²) in [5, 5.41) is 3.31. The van der Waals surface area contributed by atoms with Crippen molar-refractivity contribution in [3.63, 3.8) is 0 Å². The molecule has 0 bridgehead atoms.